The predicted molar refractivity (Wildman–Crippen MR) is 83.0 cm³/mol. The minimum Gasteiger partial charge on any atom is -0.508 e. The molecule has 2 rings (SSSR count). The second-order valence-corrected chi connectivity index (χ2v) is 4.87. The van der Waals surface area contributed by atoms with Crippen molar-refractivity contribution in [1.29, 1.82) is 0 Å². The van der Waals surface area contributed by atoms with Gasteiger partial charge in [0.15, 0.2) is 6.61 Å². The molecule has 1 N–H and O–H groups in total. The fourth-order valence-electron chi connectivity index (χ4n) is 1.84. The largest absolute Gasteiger partial charge is 0.508 e. The molecule has 0 aliphatic rings. The zero-order chi connectivity index (χ0) is 16.1. The van der Waals surface area contributed by atoms with Gasteiger partial charge in [0.2, 0.25) is 0 Å². The number of esters is 1. The molecule has 0 fully saturated rings. The van der Waals surface area contributed by atoms with Gasteiger partial charge in [0.1, 0.15) is 5.75 Å². The van der Waals surface area contributed by atoms with E-state index in [4.69, 9.17) is 4.74 Å². The van der Waals surface area contributed by atoms with Gasteiger partial charge in [-0.05, 0) is 36.8 Å². The molecule has 0 aliphatic heterocycles. The summed E-state index contributed by atoms with van der Waals surface area (Å²) in [6.07, 6.45) is 0. The van der Waals surface area contributed by atoms with E-state index in [9.17, 15) is 14.7 Å². The molecule has 0 spiro atoms. The van der Waals surface area contributed by atoms with Crippen molar-refractivity contribution in [3.05, 3.63) is 59.7 Å². The molecule has 0 bridgehead atoms. The molecule has 0 unspecified atom stereocenters. The maximum absolute atomic E-state index is 12.0. The number of hydrogen-bond donors (Lipinski definition) is 1. The van der Waals surface area contributed by atoms with Gasteiger partial charge in [0, 0.05) is 12.7 Å². The molecule has 0 heterocycles. The number of aryl methyl sites for hydroxylation is 1. The molecule has 0 atom stereocenters. The summed E-state index contributed by atoms with van der Waals surface area (Å²) in [5.41, 5.74) is 1.59. The summed E-state index contributed by atoms with van der Waals surface area (Å²) < 4.78 is 4.99. The lowest BCUT2D eigenvalue weighted by molar-refractivity contribution is -0.121. The highest BCUT2D eigenvalue weighted by Gasteiger charge is 2.15. The van der Waals surface area contributed by atoms with Crippen LogP contribution in [0.3, 0.4) is 0 Å². The van der Waals surface area contributed by atoms with E-state index in [2.05, 4.69) is 0 Å². The Kier molecular flexibility index (Phi) is 4.78. The molecular weight excluding hydrogens is 282 g/mol. The van der Waals surface area contributed by atoms with E-state index in [0.29, 0.717) is 5.56 Å². The fraction of sp³-hybridized carbons (Fsp3) is 0.176. The number of carbonyl (C=O) groups is 2. The number of phenolic OH excluding ortho intramolecular Hbond substituents is 1. The van der Waals surface area contributed by atoms with Crippen molar-refractivity contribution >= 4 is 17.6 Å². The number of para-hydroxylation sites is 1. The lowest BCUT2D eigenvalue weighted by atomic mass is 10.1. The number of phenols is 1. The van der Waals surface area contributed by atoms with Gasteiger partial charge < -0.3 is 14.7 Å². The number of benzene rings is 2. The molecule has 114 valence electrons. The molecule has 0 aliphatic carbocycles. The molecule has 2 aromatic carbocycles. The van der Waals surface area contributed by atoms with E-state index in [-0.39, 0.29) is 23.8 Å². The Hall–Kier alpha value is -2.82. The summed E-state index contributed by atoms with van der Waals surface area (Å²) in [5, 5.41) is 9.58. The van der Waals surface area contributed by atoms with Crippen LogP contribution in [-0.2, 0) is 9.53 Å². The average Bonchev–Trinajstić information content (AvgIpc) is 2.54. The van der Waals surface area contributed by atoms with Gasteiger partial charge in [-0.3, -0.25) is 4.79 Å². The Morgan fingerprint density at radius 1 is 1.14 bits per heavy atom. The lowest BCUT2D eigenvalue weighted by Crippen LogP contribution is -2.31. The highest BCUT2D eigenvalue weighted by molar-refractivity contribution is 5.96. The van der Waals surface area contributed by atoms with E-state index >= 15 is 0 Å². The highest BCUT2D eigenvalue weighted by Crippen LogP contribution is 2.18. The number of rotatable bonds is 4. The minimum absolute atomic E-state index is 0.0159. The van der Waals surface area contributed by atoms with Crippen molar-refractivity contribution < 1.29 is 19.4 Å². The molecular formula is C17H17NO4. The van der Waals surface area contributed by atoms with Crippen LogP contribution in [0.25, 0.3) is 0 Å². The van der Waals surface area contributed by atoms with Crippen molar-refractivity contribution in [2.24, 2.45) is 0 Å². The van der Waals surface area contributed by atoms with Crippen LogP contribution < -0.4 is 4.90 Å². The van der Waals surface area contributed by atoms with Crippen molar-refractivity contribution in [2.45, 2.75) is 6.92 Å². The van der Waals surface area contributed by atoms with Gasteiger partial charge >= 0.3 is 5.97 Å². The summed E-state index contributed by atoms with van der Waals surface area (Å²) in [6.45, 7) is 1.36. The first-order valence-corrected chi connectivity index (χ1v) is 6.77. The number of ether oxygens (including phenoxy) is 1. The Labute approximate surface area is 128 Å². The fourth-order valence-corrected chi connectivity index (χ4v) is 1.84. The van der Waals surface area contributed by atoms with Crippen molar-refractivity contribution in [2.75, 3.05) is 18.6 Å². The first-order chi connectivity index (χ1) is 10.5. The molecule has 2 aromatic rings. The standard InChI is InChI=1S/C17H17NO4/c1-12-8-9-13(10-15(12)19)17(21)22-11-16(20)18(2)14-6-4-3-5-7-14/h3-10,19H,11H2,1-2H3. The maximum Gasteiger partial charge on any atom is 0.338 e. The van der Waals surface area contributed by atoms with E-state index < -0.39 is 5.97 Å². The third kappa shape index (κ3) is 3.63. The Morgan fingerprint density at radius 3 is 2.45 bits per heavy atom. The minimum atomic E-state index is -0.648. The van der Waals surface area contributed by atoms with Crippen LogP contribution in [-0.4, -0.2) is 30.6 Å². The van der Waals surface area contributed by atoms with Crippen molar-refractivity contribution in [1.82, 2.24) is 0 Å². The molecule has 0 saturated carbocycles. The average molecular weight is 299 g/mol. The SMILES string of the molecule is Cc1ccc(C(=O)OCC(=O)N(C)c2ccccc2)cc1O. The van der Waals surface area contributed by atoms with Crippen LogP contribution in [0.2, 0.25) is 0 Å². The zero-order valence-corrected chi connectivity index (χ0v) is 12.4. The number of nitrogens with zero attached hydrogens (tertiary/aromatic N) is 1. The smallest absolute Gasteiger partial charge is 0.338 e. The number of carbonyl (C=O) groups excluding carboxylic acids is 2. The van der Waals surface area contributed by atoms with Gasteiger partial charge in [-0.25, -0.2) is 4.79 Å². The highest BCUT2D eigenvalue weighted by atomic mass is 16.5. The van der Waals surface area contributed by atoms with Crippen LogP contribution in [0, 0.1) is 6.92 Å². The number of hydrogen-bond acceptors (Lipinski definition) is 4. The second-order valence-electron chi connectivity index (χ2n) is 4.87. The topological polar surface area (TPSA) is 66.8 Å². The third-order valence-electron chi connectivity index (χ3n) is 3.29. The van der Waals surface area contributed by atoms with E-state index in [0.717, 1.165) is 5.69 Å². The first-order valence-electron chi connectivity index (χ1n) is 6.77. The first kappa shape index (κ1) is 15.6. The molecule has 1 amide bonds. The normalized spacial score (nSPS) is 10.1. The molecule has 0 aromatic heterocycles. The van der Waals surface area contributed by atoms with E-state index in [1.807, 2.05) is 18.2 Å². The third-order valence-corrected chi connectivity index (χ3v) is 3.29. The molecule has 5 nitrogen and oxygen atoms in total. The van der Waals surface area contributed by atoms with Crippen molar-refractivity contribution in [3.63, 3.8) is 0 Å². The number of amides is 1. The zero-order valence-electron chi connectivity index (χ0n) is 12.4. The Balaban J connectivity index is 1.96. The maximum atomic E-state index is 12.0. The quantitative estimate of drug-likeness (QED) is 0.881. The van der Waals surface area contributed by atoms with Gasteiger partial charge in [-0.2, -0.15) is 0 Å². The number of aromatic hydroxyl groups is 1. The molecule has 5 heteroatoms. The lowest BCUT2D eigenvalue weighted by Gasteiger charge is -2.17. The summed E-state index contributed by atoms with van der Waals surface area (Å²) in [4.78, 5) is 25.3. The van der Waals surface area contributed by atoms with Gasteiger partial charge in [0.25, 0.3) is 5.91 Å². The van der Waals surface area contributed by atoms with Crippen LogP contribution in [0.4, 0.5) is 5.69 Å². The van der Waals surface area contributed by atoms with Crippen LogP contribution >= 0.6 is 0 Å². The van der Waals surface area contributed by atoms with Gasteiger partial charge in [0.05, 0.1) is 5.56 Å². The van der Waals surface area contributed by atoms with Crippen molar-refractivity contribution in [3.8, 4) is 5.75 Å². The monoisotopic (exact) mass is 299 g/mol. The summed E-state index contributed by atoms with van der Waals surface area (Å²) >= 11 is 0. The van der Waals surface area contributed by atoms with Gasteiger partial charge in [-0.1, -0.05) is 24.3 Å². The van der Waals surface area contributed by atoms with E-state index in [1.54, 1.807) is 38.2 Å². The summed E-state index contributed by atoms with van der Waals surface area (Å²) in [7, 11) is 1.61. The van der Waals surface area contributed by atoms with Crippen LogP contribution in [0.1, 0.15) is 15.9 Å². The summed E-state index contributed by atoms with van der Waals surface area (Å²) in [6, 6.07) is 13.6. The van der Waals surface area contributed by atoms with E-state index in [1.165, 1.54) is 11.0 Å². The number of anilines is 1. The number of likely N-dealkylation sites (N-methyl/N-ethyl adjacent to an activating group) is 1. The van der Waals surface area contributed by atoms with Crippen LogP contribution in [0.5, 0.6) is 5.75 Å². The van der Waals surface area contributed by atoms with Crippen LogP contribution in [0.15, 0.2) is 48.5 Å². The van der Waals surface area contributed by atoms with Gasteiger partial charge in [-0.15, -0.1) is 0 Å². The molecule has 0 radical (unpaired) electrons. The second kappa shape index (κ2) is 6.76. The Morgan fingerprint density at radius 2 is 1.82 bits per heavy atom. The molecule has 22 heavy (non-hydrogen) atoms. The predicted octanol–water partition coefficient (Wildman–Crippen LogP) is 2.52. The Bertz CT molecular complexity index is 682. The summed E-state index contributed by atoms with van der Waals surface area (Å²) in [5.74, 6) is -0.969. The molecule has 0 saturated heterocycles.